The first-order valence-corrected chi connectivity index (χ1v) is 10.5. The minimum Gasteiger partial charge on any atom is -0.355 e. The van der Waals surface area contributed by atoms with Gasteiger partial charge in [-0.25, -0.2) is 9.97 Å². The summed E-state index contributed by atoms with van der Waals surface area (Å²) in [5.41, 5.74) is -1.31. The second-order valence-electron chi connectivity index (χ2n) is 7.53. The zero-order valence-corrected chi connectivity index (χ0v) is 19.1. The van der Waals surface area contributed by atoms with Crippen LogP contribution in [0.25, 0.3) is 11.4 Å². The molecule has 3 amide bonds. The van der Waals surface area contributed by atoms with Crippen molar-refractivity contribution >= 4 is 29.3 Å². The average Bonchev–Trinajstić information content (AvgIpc) is 2.81. The molecule has 0 unspecified atom stereocenters. The summed E-state index contributed by atoms with van der Waals surface area (Å²) in [6.07, 6.45) is -3.64. The van der Waals surface area contributed by atoms with Crippen molar-refractivity contribution in [2.24, 2.45) is 0 Å². The third kappa shape index (κ3) is 5.36. The number of amides is 3. The smallest absolute Gasteiger partial charge is 0.355 e. The Morgan fingerprint density at radius 3 is 2.41 bits per heavy atom. The Hall–Kier alpha value is -3.47. The van der Waals surface area contributed by atoms with Crippen LogP contribution >= 0.6 is 11.6 Å². The number of pyridine rings is 2. The van der Waals surface area contributed by atoms with Gasteiger partial charge in [-0.2, -0.15) is 13.2 Å². The van der Waals surface area contributed by atoms with Crippen LogP contribution in [0.3, 0.4) is 0 Å². The fraction of sp³-hybridized carbons (Fsp3) is 0.318. The van der Waals surface area contributed by atoms with E-state index in [1.165, 1.54) is 42.0 Å². The highest BCUT2D eigenvalue weighted by Crippen LogP contribution is 2.33. The molecule has 0 bridgehead atoms. The number of halogens is 4. The fourth-order valence-electron chi connectivity index (χ4n) is 3.70. The molecule has 12 heteroatoms. The van der Waals surface area contributed by atoms with Crippen LogP contribution in [0.5, 0.6) is 0 Å². The maximum Gasteiger partial charge on any atom is 0.433 e. The van der Waals surface area contributed by atoms with Gasteiger partial charge in [-0.15, -0.1) is 0 Å². The quantitative estimate of drug-likeness (QED) is 0.519. The Morgan fingerprint density at radius 1 is 1.15 bits per heavy atom. The Balaban J connectivity index is 2.13. The van der Waals surface area contributed by atoms with Crippen molar-refractivity contribution in [1.29, 1.82) is 0 Å². The lowest BCUT2D eigenvalue weighted by molar-refractivity contribution is -0.141. The molecule has 0 radical (unpaired) electrons. The molecule has 3 rings (SSSR count). The SMILES string of the molecule is C=CC(=O)N1CCN(C(C)=O)[C@H](c2cc(Cl)nc(-c3cc(C(=O)NC)cc(C(F)(F)F)n3)c2)C1. The number of hydrogen-bond acceptors (Lipinski definition) is 5. The Bertz CT molecular complexity index is 1160. The van der Waals surface area contributed by atoms with Crippen molar-refractivity contribution in [2.45, 2.75) is 19.1 Å². The molecular weight excluding hydrogens is 475 g/mol. The molecule has 0 saturated carbocycles. The summed E-state index contributed by atoms with van der Waals surface area (Å²) in [5, 5.41) is 2.23. The van der Waals surface area contributed by atoms with Gasteiger partial charge < -0.3 is 15.1 Å². The van der Waals surface area contributed by atoms with Gasteiger partial charge in [0.05, 0.1) is 17.4 Å². The molecule has 1 fully saturated rings. The molecule has 34 heavy (non-hydrogen) atoms. The Labute approximate surface area is 198 Å². The van der Waals surface area contributed by atoms with E-state index in [0.29, 0.717) is 18.2 Å². The molecule has 0 aliphatic carbocycles. The van der Waals surface area contributed by atoms with Crippen molar-refractivity contribution < 1.29 is 27.6 Å². The number of nitrogens with one attached hydrogen (secondary N) is 1. The fourth-order valence-corrected chi connectivity index (χ4v) is 3.91. The van der Waals surface area contributed by atoms with Crippen LogP contribution in [0, 0.1) is 0 Å². The van der Waals surface area contributed by atoms with E-state index in [2.05, 4.69) is 21.9 Å². The average molecular weight is 496 g/mol. The van der Waals surface area contributed by atoms with Gasteiger partial charge in [0.25, 0.3) is 5.91 Å². The lowest BCUT2D eigenvalue weighted by Crippen LogP contribution is -2.51. The Kier molecular flexibility index (Phi) is 7.25. The standard InChI is InChI=1S/C22H21ClF3N5O3/c1-4-20(33)30-5-6-31(12(2)32)17(11-30)13-7-16(29-19(23)10-13)15-8-14(21(34)27-3)9-18(28-15)22(24,25)26/h4,7-10,17H,1,5-6,11H2,2-3H3,(H,27,34)/t17-/m0/s1. The number of nitrogens with zero attached hydrogens (tertiary/aromatic N) is 4. The van der Waals surface area contributed by atoms with Crippen molar-refractivity contribution in [3.05, 3.63) is 58.9 Å². The van der Waals surface area contributed by atoms with Crippen molar-refractivity contribution in [2.75, 3.05) is 26.7 Å². The third-order valence-corrected chi connectivity index (χ3v) is 5.53. The van der Waals surface area contributed by atoms with E-state index >= 15 is 0 Å². The highest BCUT2D eigenvalue weighted by molar-refractivity contribution is 6.29. The largest absolute Gasteiger partial charge is 0.433 e. The normalized spacial score (nSPS) is 16.2. The van der Waals surface area contributed by atoms with Crippen LogP contribution < -0.4 is 5.32 Å². The molecule has 1 aliphatic rings. The van der Waals surface area contributed by atoms with E-state index in [-0.39, 0.29) is 47.0 Å². The van der Waals surface area contributed by atoms with Gasteiger partial charge in [-0.1, -0.05) is 18.2 Å². The predicted octanol–water partition coefficient (Wildman–Crippen LogP) is 3.09. The number of alkyl halides is 3. The number of hydrogen-bond donors (Lipinski definition) is 1. The van der Waals surface area contributed by atoms with E-state index in [1.807, 2.05) is 0 Å². The van der Waals surface area contributed by atoms with Gasteiger partial charge in [0.2, 0.25) is 11.8 Å². The van der Waals surface area contributed by atoms with Crippen LogP contribution in [-0.4, -0.2) is 64.2 Å². The summed E-state index contributed by atoms with van der Waals surface area (Å²) in [6, 6.07) is 4.11. The highest BCUT2D eigenvalue weighted by atomic mass is 35.5. The van der Waals surface area contributed by atoms with E-state index < -0.39 is 23.8 Å². The number of piperazine rings is 1. The number of carbonyl (C=O) groups is 3. The van der Waals surface area contributed by atoms with Crippen LogP contribution in [0.2, 0.25) is 5.15 Å². The molecule has 1 atom stereocenters. The monoisotopic (exact) mass is 495 g/mol. The van der Waals surface area contributed by atoms with Gasteiger partial charge in [0, 0.05) is 39.2 Å². The minimum atomic E-state index is -4.81. The zero-order valence-electron chi connectivity index (χ0n) is 18.3. The lowest BCUT2D eigenvalue weighted by Gasteiger charge is -2.41. The molecule has 1 aliphatic heterocycles. The molecule has 3 heterocycles. The van der Waals surface area contributed by atoms with Gasteiger partial charge in [0.15, 0.2) is 0 Å². The van der Waals surface area contributed by atoms with Crippen molar-refractivity contribution in [3.8, 4) is 11.4 Å². The van der Waals surface area contributed by atoms with Crippen LogP contribution in [0.15, 0.2) is 36.9 Å². The summed E-state index contributed by atoms with van der Waals surface area (Å²) in [6.45, 7) is 5.54. The van der Waals surface area contributed by atoms with Crippen LogP contribution in [-0.2, 0) is 15.8 Å². The van der Waals surface area contributed by atoms with Gasteiger partial charge in [-0.3, -0.25) is 14.4 Å². The molecule has 1 N–H and O–H groups in total. The van der Waals surface area contributed by atoms with Crippen LogP contribution in [0.4, 0.5) is 13.2 Å². The summed E-state index contributed by atoms with van der Waals surface area (Å²) >= 11 is 6.19. The predicted molar refractivity (Wildman–Crippen MR) is 118 cm³/mol. The molecule has 0 aromatic carbocycles. The molecule has 1 saturated heterocycles. The first-order chi connectivity index (χ1) is 15.9. The first kappa shape index (κ1) is 25.2. The lowest BCUT2D eigenvalue weighted by atomic mass is 10.0. The number of aromatic nitrogens is 2. The molecule has 180 valence electrons. The number of carbonyl (C=O) groups excluding carboxylic acids is 3. The second-order valence-corrected chi connectivity index (χ2v) is 7.92. The van der Waals surface area contributed by atoms with E-state index in [1.54, 1.807) is 0 Å². The van der Waals surface area contributed by atoms with Crippen molar-refractivity contribution in [3.63, 3.8) is 0 Å². The van der Waals surface area contributed by atoms with E-state index in [4.69, 9.17) is 11.6 Å². The van der Waals surface area contributed by atoms with Crippen molar-refractivity contribution in [1.82, 2.24) is 25.1 Å². The number of rotatable bonds is 4. The molecular formula is C22H21ClF3N5O3. The molecule has 2 aromatic rings. The minimum absolute atomic E-state index is 0.0191. The third-order valence-electron chi connectivity index (χ3n) is 5.34. The summed E-state index contributed by atoms with van der Waals surface area (Å²) in [7, 11) is 1.29. The molecule has 0 spiro atoms. The van der Waals surface area contributed by atoms with E-state index in [0.717, 1.165) is 6.08 Å². The maximum atomic E-state index is 13.4. The topological polar surface area (TPSA) is 95.5 Å². The summed E-state index contributed by atoms with van der Waals surface area (Å²) in [4.78, 5) is 47.2. The Morgan fingerprint density at radius 2 is 1.82 bits per heavy atom. The molecule has 8 nitrogen and oxygen atoms in total. The first-order valence-electron chi connectivity index (χ1n) is 10.1. The molecule has 2 aromatic heterocycles. The van der Waals surface area contributed by atoms with Gasteiger partial charge in [-0.05, 0) is 35.9 Å². The van der Waals surface area contributed by atoms with E-state index in [9.17, 15) is 27.6 Å². The summed E-state index contributed by atoms with van der Waals surface area (Å²) in [5.74, 6) is -1.29. The summed E-state index contributed by atoms with van der Waals surface area (Å²) < 4.78 is 40.3. The zero-order chi connectivity index (χ0) is 25.2. The van der Waals surface area contributed by atoms with Crippen LogP contribution in [0.1, 0.15) is 34.6 Å². The van der Waals surface area contributed by atoms with Gasteiger partial charge in [0.1, 0.15) is 10.8 Å². The highest BCUT2D eigenvalue weighted by Gasteiger charge is 2.35. The second kappa shape index (κ2) is 9.80. The van der Waals surface area contributed by atoms with Gasteiger partial charge >= 0.3 is 6.18 Å². The maximum absolute atomic E-state index is 13.4.